The van der Waals surface area contributed by atoms with Crippen LogP contribution in [0.25, 0.3) is 5.76 Å². The van der Waals surface area contributed by atoms with Gasteiger partial charge in [-0.3, -0.25) is 14.4 Å². The molecule has 1 aliphatic heterocycles. The third kappa shape index (κ3) is 4.06. The Kier molecular flexibility index (Phi) is 6.20. The molecule has 2 atom stereocenters. The number of rotatable bonds is 5. The summed E-state index contributed by atoms with van der Waals surface area (Å²) < 4.78 is 19.1. The Balaban J connectivity index is 1.92. The van der Waals surface area contributed by atoms with E-state index in [0.717, 1.165) is 10.5 Å². The fourth-order valence-corrected chi connectivity index (χ4v) is 3.57. The van der Waals surface area contributed by atoms with Gasteiger partial charge in [-0.15, -0.1) is 0 Å². The van der Waals surface area contributed by atoms with Gasteiger partial charge in [0.15, 0.2) is 0 Å². The van der Waals surface area contributed by atoms with Gasteiger partial charge in [-0.05, 0) is 25.0 Å². The van der Waals surface area contributed by atoms with Crippen molar-refractivity contribution < 1.29 is 28.6 Å². The lowest BCUT2D eigenvalue weighted by Crippen LogP contribution is -2.30. The Hall–Kier alpha value is -3.22. The second kappa shape index (κ2) is 8.65. The van der Waals surface area contributed by atoms with E-state index >= 15 is 0 Å². The van der Waals surface area contributed by atoms with Crippen molar-refractivity contribution in [2.24, 2.45) is 5.92 Å². The van der Waals surface area contributed by atoms with Gasteiger partial charge in [-0.25, -0.2) is 9.29 Å². The fraction of sp³-hybridized carbons (Fsp3) is 0.348. The number of carbonyl (C=O) groups excluding carboxylic acids is 3. The lowest BCUT2D eigenvalue weighted by atomic mass is 9.90. The number of imide groups is 1. The highest BCUT2D eigenvalue weighted by atomic mass is 19.1. The van der Waals surface area contributed by atoms with Crippen LogP contribution in [0, 0.1) is 5.92 Å². The zero-order chi connectivity index (χ0) is 22.0. The van der Waals surface area contributed by atoms with E-state index in [1.165, 1.54) is 13.0 Å². The quantitative estimate of drug-likeness (QED) is 0.453. The third-order valence-corrected chi connectivity index (χ3v) is 5.15. The zero-order valence-corrected chi connectivity index (χ0v) is 17.1. The number of fused-ring (bicyclic) bond motifs is 1. The van der Waals surface area contributed by atoms with Crippen LogP contribution in [-0.2, 0) is 25.5 Å². The molecule has 3 rings (SSSR count). The van der Waals surface area contributed by atoms with Gasteiger partial charge in [-0.2, -0.15) is 0 Å². The number of halogens is 1. The number of likely N-dealkylation sites (tertiary alicyclic amines) is 1. The number of aliphatic hydroxyl groups is 1. The predicted molar refractivity (Wildman–Crippen MR) is 109 cm³/mol. The summed E-state index contributed by atoms with van der Waals surface area (Å²) in [5.74, 6) is -2.27. The average molecular weight is 413 g/mol. The van der Waals surface area contributed by atoms with Gasteiger partial charge >= 0.3 is 5.97 Å². The molecule has 1 saturated heterocycles. The van der Waals surface area contributed by atoms with Crippen molar-refractivity contribution in [3.05, 3.63) is 64.4 Å². The third-order valence-electron chi connectivity index (χ3n) is 5.15. The molecule has 2 aliphatic rings. The van der Waals surface area contributed by atoms with Crippen LogP contribution < -0.4 is 0 Å². The molecule has 0 spiro atoms. The van der Waals surface area contributed by atoms with Crippen molar-refractivity contribution in [2.75, 3.05) is 6.61 Å². The molecule has 1 aliphatic carbocycles. The van der Waals surface area contributed by atoms with E-state index in [-0.39, 0.29) is 29.4 Å². The molecule has 1 fully saturated rings. The first kappa shape index (κ1) is 21.5. The van der Waals surface area contributed by atoms with E-state index in [4.69, 9.17) is 4.74 Å². The zero-order valence-electron chi connectivity index (χ0n) is 17.1. The molecule has 158 valence electrons. The number of amides is 2. The first-order valence-corrected chi connectivity index (χ1v) is 9.86. The topological polar surface area (TPSA) is 83.9 Å². The molecule has 30 heavy (non-hydrogen) atoms. The Morgan fingerprint density at radius 2 is 1.87 bits per heavy atom. The molecule has 0 radical (unpaired) electrons. The summed E-state index contributed by atoms with van der Waals surface area (Å²) in [4.78, 5) is 37.3. The number of esters is 1. The highest BCUT2D eigenvalue weighted by Crippen LogP contribution is 2.41. The standard InChI is InChI=1S/C23H24FNO5/c1-4-30-20(27)10-7-15-5-8-16(9-6-15)22(28)21-17-11-13(2)18(24)12-19(17)25(14(3)26)23(21)29/h5-6,8-9,11-13,18,28H,4,7,10H2,1-3H3/b22-21+. The molecular weight excluding hydrogens is 389 g/mol. The van der Waals surface area contributed by atoms with Crippen LogP contribution in [0.1, 0.15) is 38.3 Å². The summed E-state index contributed by atoms with van der Waals surface area (Å²) in [7, 11) is 0. The number of allylic oxidation sites excluding steroid dienone is 3. The van der Waals surface area contributed by atoms with Crippen LogP contribution in [0.4, 0.5) is 4.39 Å². The molecule has 0 bridgehead atoms. The highest BCUT2D eigenvalue weighted by molar-refractivity contribution is 6.17. The predicted octanol–water partition coefficient (Wildman–Crippen LogP) is 3.64. The summed E-state index contributed by atoms with van der Waals surface area (Å²) in [6.07, 6.45) is 2.23. The largest absolute Gasteiger partial charge is 0.506 e. The highest BCUT2D eigenvalue weighted by Gasteiger charge is 2.43. The summed E-state index contributed by atoms with van der Waals surface area (Å²) in [5, 5.41) is 10.8. The molecule has 1 aromatic rings. The molecule has 6 nitrogen and oxygen atoms in total. The number of aliphatic hydroxyl groups excluding tert-OH is 1. The van der Waals surface area contributed by atoms with E-state index in [2.05, 4.69) is 0 Å². The molecular formula is C23H24FNO5. The van der Waals surface area contributed by atoms with Crippen LogP contribution in [0.2, 0.25) is 0 Å². The average Bonchev–Trinajstić information content (AvgIpc) is 2.98. The minimum Gasteiger partial charge on any atom is -0.506 e. The number of carbonyl (C=O) groups is 3. The minimum absolute atomic E-state index is 0.0190. The maximum absolute atomic E-state index is 14.2. The van der Waals surface area contributed by atoms with Crippen molar-refractivity contribution in [2.45, 2.75) is 39.8 Å². The molecule has 1 aromatic carbocycles. The minimum atomic E-state index is -1.32. The van der Waals surface area contributed by atoms with Crippen LogP contribution in [0.5, 0.6) is 0 Å². The van der Waals surface area contributed by atoms with E-state index in [1.54, 1.807) is 44.2 Å². The van der Waals surface area contributed by atoms with Crippen molar-refractivity contribution >= 4 is 23.5 Å². The summed E-state index contributed by atoms with van der Waals surface area (Å²) in [6, 6.07) is 6.78. The normalized spacial score (nSPS) is 22.3. The number of alkyl halides is 1. The van der Waals surface area contributed by atoms with Gasteiger partial charge in [0.1, 0.15) is 11.9 Å². The Bertz CT molecular complexity index is 974. The second-order valence-electron chi connectivity index (χ2n) is 7.32. The van der Waals surface area contributed by atoms with Gasteiger partial charge < -0.3 is 9.84 Å². The maximum Gasteiger partial charge on any atom is 0.306 e. The van der Waals surface area contributed by atoms with Crippen LogP contribution in [0.3, 0.4) is 0 Å². The van der Waals surface area contributed by atoms with Crippen molar-refractivity contribution in [3.63, 3.8) is 0 Å². The Morgan fingerprint density at radius 1 is 1.20 bits per heavy atom. The lowest BCUT2D eigenvalue weighted by molar-refractivity contribution is -0.143. The first-order valence-electron chi connectivity index (χ1n) is 9.86. The van der Waals surface area contributed by atoms with Crippen LogP contribution in [0.15, 0.2) is 53.3 Å². The van der Waals surface area contributed by atoms with E-state index in [9.17, 15) is 23.9 Å². The SMILES string of the molecule is CCOC(=O)CCc1ccc(/C(O)=C2\C(=O)N(C(C)=O)C3=CC(F)C(C)C=C32)cc1. The monoisotopic (exact) mass is 413 g/mol. The first-order chi connectivity index (χ1) is 14.2. The number of ether oxygens (including phenoxy) is 1. The van der Waals surface area contributed by atoms with Crippen LogP contribution >= 0.6 is 0 Å². The van der Waals surface area contributed by atoms with Gasteiger partial charge in [0.05, 0.1) is 17.9 Å². The van der Waals surface area contributed by atoms with Crippen LogP contribution in [-0.4, -0.2) is 40.6 Å². The van der Waals surface area contributed by atoms with E-state index < -0.39 is 23.9 Å². The van der Waals surface area contributed by atoms with Gasteiger partial charge in [0.25, 0.3) is 5.91 Å². The number of nitrogens with zero attached hydrogens (tertiary/aromatic N) is 1. The van der Waals surface area contributed by atoms with Gasteiger partial charge in [0, 0.05) is 30.4 Å². The summed E-state index contributed by atoms with van der Waals surface area (Å²) >= 11 is 0. The van der Waals surface area contributed by atoms with E-state index in [1.807, 2.05) is 0 Å². The number of hydrogen-bond acceptors (Lipinski definition) is 5. The molecule has 0 saturated carbocycles. The van der Waals surface area contributed by atoms with Gasteiger partial charge in [-0.1, -0.05) is 37.3 Å². The molecule has 1 N–H and O–H groups in total. The molecule has 7 heteroatoms. The second-order valence-corrected chi connectivity index (χ2v) is 7.32. The fourth-order valence-electron chi connectivity index (χ4n) is 3.57. The molecule has 2 unspecified atom stereocenters. The van der Waals surface area contributed by atoms with Crippen molar-refractivity contribution in [3.8, 4) is 0 Å². The molecule has 2 amide bonds. The summed E-state index contributed by atoms with van der Waals surface area (Å²) in [6.45, 7) is 4.97. The molecule has 1 heterocycles. The number of hydrogen-bond donors (Lipinski definition) is 1. The summed E-state index contributed by atoms with van der Waals surface area (Å²) in [5.41, 5.74) is 1.78. The maximum atomic E-state index is 14.2. The Labute approximate surface area is 174 Å². The van der Waals surface area contributed by atoms with Crippen molar-refractivity contribution in [1.29, 1.82) is 0 Å². The number of aryl methyl sites for hydroxylation is 1. The lowest BCUT2D eigenvalue weighted by Gasteiger charge is -2.20. The number of benzene rings is 1. The Morgan fingerprint density at radius 3 is 2.47 bits per heavy atom. The smallest absolute Gasteiger partial charge is 0.306 e. The molecule has 0 aromatic heterocycles. The van der Waals surface area contributed by atoms with Gasteiger partial charge in [0.2, 0.25) is 5.91 Å². The van der Waals surface area contributed by atoms with Crippen molar-refractivity contribution in [1.82, 2.24) is 4.90 Å². The van der Waals surface area contributed by atoms with E-state index in [0.29, 0.717) is 24.2 Å².